The number of nitrogens with zero attached hydrogens (tertiary/aromatic N) is 2. The van der Waals surface area contributed by atoms with Crippen molar-refractivity contribution >= 4 is 27.5 Å². The highest BCUT2D eigenvalue weighted by Gasteiger charge is 2.13. The Morgan fingerprint density at radius 2 is 2.00 bits per heavy atom. The Bertz CT molecular complexity index is 948. The lowest BCUT2D eigenvalue weighted by Crippen LogP contribution is -2.19. The average molecular weight is 348 g/mol. The van der Waals surface area contributed by atoms with Crippen molar-refractivity contribution in [3.05, 3.63) is 58.9 Å². The molecule has 0 saturated carbocycles. The van der Waals surface area contributed by atoms with Gasteiger partial charge in [-0.25, -0.2) is 8.78 Å². The zero-order chi connectivity index (χ0) is 17.1. The van der Waals surface area contributed by atoms with E-state index in [0.717, 1.165) is 17.4 Å². The molecule has 0 fully saturated rings. The van der Waals surface area contributed by atoms with Crippen LogP contribution in [0, 0.1) is 11.6 Å². The Hall–Kier alpha value is -2.54. The van der Waals surface area contributed by atoms with Crippen molar-refractivity contribution in [1.29, 1.82) is 0 Å². The lowest BCUT2D eigenvalue weighted by molar-refractivity contribution is -0.120. The number of aromatic nitrogens is 1. The fourth-order valence-electron chi connectivity index (χ4n) is 2.31. The van der Waals surface area contributed by atoms with Gasteiger partial charge in [0.2, 0.25) is 0 Å². The third-order valence-electron chi connectivity index (χ3n) is 3.34. The van der Waals surface area contributed by atoms with E-state index in [4.69, 9.17) is 4.74 Å². The van der Waals surface area contributed by atoms with E-state index in [0.29, 0.717) is 21.8 Å². The van der Waals surface area contributed by atoms with E-state index >= 15 is 0 Å². The molecule has 0 aliphatic rings. The first-order valence-corrected chi connectivity index (χ1v) is 8.14. The van der Waals surface area contributed by atoms with Gasteiger partial charge >= 0.3 is 0 Å². The van der Waals surface area contributed by atoms with Crippen LogP contribution in [0.1, 0.15) is 6.92 Å². The van der Waals surface area contributed by atoms with Crippen molar-refractivity contribution in [3.8, 4) is 5.75 Å². The highest BCUT2D eigenvalue weighted by atomic mass is 32.1. The van der Waals surface area contributed by atoms with Gasteiger partial charge in [0.1, 0.15) is 11.6 Å². The van der Waals surface area contributed by atoms with Crippen molar-refractivity contribution < 1.29 is 18.3 Å². The summed E-state index contributed by atoms with van der Waals surface area (Å²) in [6.07, 6.45) is 0. The minimum absolute atomic E-state index is 0.223. The van der Waals surface area contributed by atoms with Gasteiger partial charge in [-0.15, -0.1) is 0 Å². The second-order valence-corrected chi connectivity index (χ2v) is 5.98. The predicted octanol–water partition coefficient (Wildman–Crippen LogP) is 3.51. The molecule has 0 atom stereocenters. The molecule has 3 rings (SSSR count). The van der Waals surface area contributed by atoms with Crippen LogP contribution in [0.2, 0.25) is 0 Å². The molecule has 0 bridgehead atoms. The molecule has 4 nitrogen and oxygen atoms in total. The predicted molar refractivity (Wildman–Crippen MR) is 87.9 cm³/mol. The summed E-state index contributed by atoms with van der Waals surface area (Å²) in [4.78, 5) is 16.3. The molecule has 0 aliphatic carbocycles. The molecule has 3 aromatic rings. The van der Waals surface area contributed by atoms with Crippen molar-refractivity contribution in [2.45, 2.75) is 13.5 Å². The van der Waals surface area contributed by atoms with Gasteiger partial charge in [-0.1, -0.05) is 29.5 Å². The number of carbonyl (C=O) groups excluding carboxylic acids is 1. The molecule has 1 amide bonds. The van der Waals surface area contributed by atoms with Gasteiger partial charge in [-0.05, 0) is 25.1 Å². The molecule has 7 heteroatoms. The van der Waals surface area contributed by atoms with Gasteiger partial charge in [0.25, 0.3) is 5.91 Å². The summed E-state index contributed by atoms with van der Waals surface area (Å²) in [6.45, 7) is 1.99. The maximum atomic E-state index is 14.0. The summed E-state index contributed by atoms with van der Waals surface area (Å²) in [5.74, 6) is -1.25. The van der Waals surface area contributed by atoms with E-state index in [1.165, 1.54) is 6.07 Å². The van der Waals surface area contributed by atoms with Crippen molar-refractivity contribution in [2.75, 3.05) is 6.61 Å². The van der Waals surface area contributed by atoms with E-state index in [2.05, 4.69) is 4.99 Å². The maximum Gasteiger partial charge on any atom is 0.286 e. The van der Waals surface area contributed by atoms with Crippen LogP contribution >= 0.6 is 11.3 Å². The van der Waals surface area contributed by atoms with Crippen LogP contribution in [0.3, 0.4) is 0 Å². The Balaban J connectivity index is 1.91. The lowest BCUT2D eigenvalue weighted by atomic mass is 10.3. The van der Waals surface area contributed by atoms with Gasteiger partial charge in [0.15, 0.2) is 17.2 Å². The molecule has 1 aromatic heterocycles. The topological polar surface area (TPSA) is 43.6 Å². The van der Waals surface area contributed by atoms with Crippen LogP contribution in [0.5, 0.6) is 5.75 Å². The molecule has 2 aromatic carbocycles. The minimum atomic E-state index is -0.669. The van der Waals surface area contributed by atoms with Crippen LogP contribution in [0.25, 0.3) is 10.2 Å². The van der Waals surface area contributed by atoms with Crippen molar-refractivity contribution in [1.82, 2.24) is 4.57 Å². The van der Waals surface area contributed by atoms with E-state index in [1.54, 1.807) is 35.8 Å². The fraction of sp³-hybridized carbons (Fsp3) is 0.176. The van der Waals surface area contributed by atoms with Crippen LogP contribution in [0.15, 0.2) is 47.5 Å². The van der Waals surface area contributed by atoms with Gasteiger partial charge in [-0.2, -0.15) is 4.99 Å². The van der Waals surface area contributed by atoms with Crippen molar-refractivity contribution in [3.63, 3.8) is 0 Å². The first kappa shape index (κ1) is 16.3. The third kappa shape index (κ3) is 3.35. The first-order valence-electron chi connectivity index (χ1n) is 7.32. The Labute approximate surface area is 140 Å². The molecular weight excluding hydrogens is 334 g/mol. The zero-order valence-electron chi connectivity index (χ0n) is 12.8. The first-order chi connectivity index (χ1) is 11.6. The fourth-order valence-corrected chi connectivity index (χ4v) is 3.46. The van der Waals surface area contributed by atoms with E-state index in [-0.39, 0.29) is 12.1 Å². The smallest absolute Gasteiger partial charge is 0.286 e. The number of halogens is 2. The Morgan fingerprint density at radius 3 is 2.71 bits per heavy atom. The number of para-hydroxylation sites is 1. The van der Waals surface area contributed by atoms with Gasteiger partial charge in [-0.3, -0.25) is 4.79 Å². The Morgan fingerprint density at radius 1 is 1.25 bits per heavy atom. The zero-order valence-corrected chi connectivity index (χ0v) is 13.6. The number of rotatable bonds is 4. The summed E-state index contributed by atoms with van der Waals surface area (Å²) in [7, 11) is 0. The van der Waals surface area contributed by atoms with Crippen LogP contribution in [0.4, 0.5) is 8.78 Å². The number of benzene rings is 2. The second kappa shape index (κ2) is 6.92. The average Bonchev–Trinajstić information content (AvgIpc) is 2.91. The van der Waals surface area contributed by atoms with Gasteiger partial charge in [0, 0.05) is 12.6 Å². The number of carbonyl (C=O) groups is 1. The quantitative estimate of drug-likeness (QED) is 0.724. The van der Waals surface area contributed by atoms with Crippen molar-refractivity contribution in [2.24, 2.45) is 4.99 Å². The second-order valence-electron chi connectivity index (χ2n) is 4.97. The van der Waals surface area contributed by atoms with Crippen LogP contribution < -0.4 is 9.54 Å². The molecule has 1 heterocycles. The molecule has 0 N–H and O–H groups in total. The maximum absolute atomic E-state index is 14.0. The third-order valence-corrected chi connectivity index (χ3v) is 4.36. The normalized spacial score (nSPS) is 11.9. The summed E-state index contributed by atoms with van der Waals surface area (Å²) in [6, 6.07) is 11.0. The minimum Gasteiger partial charge on any atom is -0.484 e. The summed E-state index contributed by atoms with van der Waals surface area (Å²) in [5.41, 5.74) is 0.249. The molecule has 0 aliphatic heterocycles. The molecular formula is C17H14F2N2O2S. The number of hydrogen-bond acceptors (Lipinski definition) is 3. The standard InChI is InChI=1S/C17H14F2N2O2S/c1-2-21-16-13(19)8-11(18)9-14(16)24-17(21)20-15(22)10-23-12-6-4-3-5-7-12/h3-9H,2,10H2,1H3. The molecule has 24 heavy (non-hydrogen) atoms. The molecule has 0 radical (unpaired) electrons. The molecule has 124 valence electrons. The molecule has 0 saturated heterocycles. The van der Waals surface area contributed by atoms with Crippen LogP contribution in [-0.4, -0.2) is 17.1 Å². The highest BCUT2D eigenvalue weighted by Crippen LogP contribution is 2.22. The summed E-state index contributed by atoms with van der Waals surface area (Å²) < 4.78 is 34.7. The number of fused-ring (bicyclic) bond motifs is 1. The number of hydrogen-bond donors (Lipinski definition) is 0. The SMILES string of the molecule is CCn1c(=NC(=O)COc2ccccc2)sc2cc(F)cc(F)c21. The molecule has 0 unspecified atom stereocenters. The van der Waals surface area contributed by atoms with E-state index in [1.807, 2.05) is 6.07 Å². The number of ether oxygens (including phenoxy) is 1. The Kier molecular flexibility index (Phi) is 4.71. The largest absolute Gasteiger partial charge is 0.484 e. The van der Waals surface area contributed by atoms with Gasteiger partial charge < -0.3 is 9.30 Å². The number of amides is 1. The number of thiazole rings is 1. The lowest BCUT2D eigenvalue weighted by Gasteiger charge is -2.03. The summed E-state index contributed by atoms with van der Waals surface area (Å²) >= 11 is 1.07. The number of aryl methyl sites for hydroxylation is 1. The summed E-state index contributed by atoms with van der Waals surface area (Å²) in [5, 5.41) is 0. The highest BCUT2D eigenvalue weighted by molar-refractivity contribution is 7.16. The van der Waals surface area contributed by atoms with Gasteiger partial charge in [0.05, 0.1) is 10.2 Å². The van der Waals surface area contributed by atoms with E-state index in [9.17, 15) is 13.6 Å². The monoisotopic (exact) mass is 348 g/mol. The van der Waals surface area contributed by atoms with Crippen LogP contribution in [-0.2, 0) is 11.3 Å². The molecule has 0 spiro atoms. The van der Waals surface area contributed by atoms with E-state index < -0.39 is 17.5 Å².